The summed E-state index contributed by atoms with van der Waals surface area (Å²) in [5.41, 5.74) is -0.596. The maximum Gasteiger partial charge on any atom is 0.307 e. The monoisotopic (exact) mass is 471 g/mol. The summed E-state index contributed by atoms with van der Waals surface area (Å²) in [6, 6.07) is 0. The standard InChI is InChI=1S/C22H33NO10/c1-28-18(24)8-11-31-14-22(15-32-12-9-19(25)29-2,16-33-13-10-20(26)30-3)23-21(27)17-6-4-5-7-17/h4-6H,7-16H2,1-3H3,(H,23,27). The minimum Gasteiger partial charge on any atom is -0.469 e. The van der Waals surface area contributed by atoms with Gasteiger partial charge < -0.3 is 33.7 Å². The van der Waals surface area contributed by atoms with E-state index in [1.54, 1.807) is 12.2 Å². The molecule has 33 heavy (non-hydrogen) atoms. The molecule has 0 atom stereocenters. The predicted molar refractivity (Wildman–Crippen MR) is 115 cm³/mol. The molecule has 1 amide bonds. The molecule has 1 aliphatic carbocycles. The summed E-state index contributed by atoms with van der Waals surface area (Å²) in [6.07, 6.45) is 5.91. The van der Waals surface area contributed by atoms with Gasteiger partial charge in [-0.3, -0.25) is 19.2 Å². The van der Waals surface area contributed by atoms with Gasteiger partial charge >= 0.3 is 17.9 Å². The van der Waals surface area contributed by atoms with E-state index in [-0.39, 0.29) is 64.8 Å². The third-order valence-electron chi connectivity index (χ3n) is 4.61. The van der Waals surface area contributed by atoms with Crippen molar-refractivity contribution in [3.8, 4) is 0 Å². The van der Waals surface area contributed by atoms with Crippen LogP contribution in [0, 0.1) is 0 Å². The molecule has 0 aromatic rings. The van der Waals surface area contributed by atoms with Crippen LogP contribution in [0.2, 0.25) is 0 Å². The van der Waals surface area contributed by atoms with E-state index < -0.39 is 23.4 Å². The van der Waals surface area contributed by atoms with Crippen LogP contribution in [0.1, 0.15) is 25.7 Å². The number of ether oxygens (including phenoxy) is 6. The first-order valence-corrected chi connectivity index (χ1v) is 10.5. The predicted octanol–water partition coefficient (Wildman–Crippen LogP) is 0.467. The van der Waals surface area contributed by atoms with E-state index in [1.807, 2.05) is 6.08 Å². The fourth-order valence-corrected chi connectivity index (χ4v) is 2.75. The number of esters is 3. The molecule has 0 saturated carbocycles. The molecule has 11 nitrogen and oxygen atoms in total. The molecule has 0 aromatic heterocycles. The van der Waals surface area contributed by atoms with Crippen molar-refractivity contribution >= 4 is 23.8 Å². The third-order valence-corrected chi connectivity index (χ3v) is 4.61. The SMILES string of the molecule is COC(=O)CCOCC(COCCC(=O)OC)(COCCC(=O)OC)NC(=O)C1=CC=CC1. The van der Waals surface area contributed by atoms with Gasteiger partial charge in [0.1, 0.15) is 5.54 Å². The van der Waals surface area contributed by atoms with Crippen LogP contribution in [0.5, 0.6) is 0 Å². The highest BCUT2D eigenvalue weighted by Gasteiger charge is 2.35. The zero-order valence-corrected chi connectivity index (χ0v) is 19.4. The number of hydrogen-bond acceptors (Lipinski definition) is 10. The lowest BCUT2D eigenvalue weighted by Gasteiger charge is -2.34. The van der Waals surface area contributed by atoms with Crippen molar-refractivity contribution in [3.05, 3.63) is 23.8 Å². The second kappa shape index (κ2) is 15.9. The van der Waals surface area contributed by atoms with Crippen LogP contribution in [-0.4, -0.2) is 90.3 Å². The summed E-state index contributed by atoms with van der Waals surface area (Å²) in [4.78, 5) is 46.9. The first-order chi connectivity index (χ1) is 15.9. The Hall–Kier alpha value is -2.76. The maximum absolute atomic E-state index is 12.8. The van der Waals surface area contributed by atoms with Crippen molar-refractivity contribution in [2.75, 3.05) is 61.0 Å². The highest BCUT2D eigenvalue weighted by Crippen LogP contribution is 2.15. The highest BCUT2D eigenvalue weighted by molar-refractivity contribution is 5.95. The maximum atomic E-state index is 12.8. The van der Waals surface area contributed by atoms with Crippen molar-refractivity contribution < 1.29 is 47.6 Å². The molecule has 0 heterocycles. The lowest BCUT2D eigenvalue weighted by atomic mass is 10.0. The molecule has 0 fully saturated rings. The summed E-state index contributed by atoms with van der Waals surface area (Å²) in [5.74, 6) is -1.63. The number of nitrogens with one attached hydrogen (secondary N) is 1. The topological polar surface area (TPSA) is 136 Å². The molecule has 1 N–H and O–H groups in total. The Labute approximate surface area is 193 Å². The van der Waals surface area contributed by atoms with Gasteiger partial charge in [-0.25, -0.2) is 0 Å². The van der Waals surface area contributed by atoms with Crippen molar-refractivity contribution in [2.24, 2.45) is 0 Å². The van der Waals surface area contributed by atoms with Crippen molar-refractivity contribution in [2.45, 2.75) is 31.2 Å². The van der Waals surface area contributed by atoms with Gasteiger partial charge in [0.2, 0.25) is 5.91 Å². The number of carbonyl (C=O) groups is 4. The van der Waals surface area contributed by atoms with Gasteiger partial charge in [0.05, 0.1) is 80.2 Å². The number of methoxy groups -OCH3 is 3. The van der Waals surface area contributed by atoms with Gasteiger partial charge in [-0.05, 0) is 6.42 Å². The molecule has 0 unspecified atom stereocenters. The Morgan fingerprint density at radius 2 is 1.21 bits per heavy atom. The molecule has 0 spiro atoms. The van der Waals surface area contributed by atoms with Crippen LogP contribution in [0.4, 0.5) is 0 Å². The Morgan fingerprint density at radius 3 is 1.55 bits per heavy atom. The summed E-state index contributed by atoms with van der Waals surface area (Å²) in [5, 5.41) is 2.91. The number of rotatable bonds is 17. The van der Waals surface area contributed by atoms with Gasteiger partial charge in [-0.2, -0.15) is 0 Å². The number of allylic oxidation sites excluding steroid dienone is 3. The summed E-state index contributed by atoms with van der Waals surface area (Å²) in [6.45, 7) is 0.0171. The summed E-state index contributed by atoms with van der Waals surface area (Å²) >= 11 is 0. The van der Waals surface area contributed by atoms with Crippen LogP contribution in [-0.2, 0) is 47.6 Å². The summed E-state index contributed by atoms with van der Waals surface area (Å²) < 4.78 is 30.7. The first kappa shape index (κ1) is 28.3. The molecule has 0 bridgehead atoms. The van der Waals surface area contributed by atoms with Crippen molar-refractivity contribution in [1.82, 2.24) is 5.32 Å². The van der Waals surface area contributed by atoms with Gasteiger partial charge in [0.25, 0.3) is 0 Å². The van der Waals surface area contributed by atoms with Crippen LogP contribution in [0.15, 0.2) is 23.8 Å². The average molecular weight is 472 g/mol. The number of hydrogen-bond donors (Lipinski definition) is 1. The van der Waals surface area contributed by atoms with E-state index >= 15 is 0 Å². The Bertz CT molecular complexity index is 656. The van der Waals surface area contributed by atoms with E-state index in [2.05, 4.69) is 19.5 Å². The second-order valence-electron chi connectivity index (χ2n) is 7.19. The van der Waals surface area contributed by atoms with E-state index in [4.69, 9.17) is 14.2 Å². The van der Waals surface area contributed by atoms with Gasteiger partial charge in [0, 0.05) is 5.57 Å². The molecule has 11 heteroatoms. The van der Waals surface area contributed by atoms with Crippen molar-refractivity contribution in [3.63, 3.8) is 0 Å². The van der Waals surface area contributed by atoms with Crippen LogP contribution < -0.4 is 5.32 Å². The van der Waals surface area contributed by atoms with E-state index in [0.29, 0.717) is 12.0 Å². The van der Waals surface area contributed by atoms with Gasteiger partial charge in [0.15, 0.2) is 0 Å². The van der Waals surface area contributed by atoms with E-state index in [1.165, 1.54) is 21.3 Å². The minimum absolute atomic E-state index is 0.0298. The van der Waals surface area contributed by atoms with Crippen LogP contribution in [0.3, 0.4) is 0 Å². The molecule has 1 rings (SSSR count). The van der Waals surface area contributed by atoms with Crippen LogP contribution in [0.25, 0.3) is 0 Å². The fourth-order valence-electron chi connectivity index (χ4n) is 2.75. The van der Waals surface area contributed by atoms with Crippen LogP contribution >= 0.6 is 0 Å². The Morgan fingerprint density at radius 1 is 0.788 bits per heavy atom. The normalized spacial score (nSPS) is 12.8. The molecular formula is C22H33NO10. The highest BCUT2D eigenvalue weighted by atomic mass is 16.5. The van der Waals surface area contributed by atoms with Gasteiger partial charge in [-0.1, -0.05) is 18.2 Å². The zero-order valence-electron chi connectivity index (χ0n) is 19.4. The second-order valence-corrected chi connectivity index (χ2v) is 7.19. The molecular weight excluding hydrogens is 438 g/mol. The van der Waals surface area contributed by atoms with Crippen molar-refractivity contribution in [1.29, 1.82) is 0 Å². The lowest BCUT2D eigenvalue weighted by molar-refractivity contribution is -0.142. The van der Waals surface area contributed by atoms with E-state index in [0.717, 1.165) is 0 Å². The smallest absolute Gasteiger partial charge is 0.307 e. The molecule has 0 aromatic carbocycles. The number of amides is 1. The summed E-state index contributed by atoms with van der Waals surface area (Å²) in [7, 11) is 3.83. The average Bonchev–Trinajstić information content (AvgIpc) is 3.37. The lowest BCUT2D eigenvalue weighted by Crippen LogP contribution is -2.59. The Balaban J connectivity index is 2.87. The largest absolute Gasteiger partial charge is 0.469 e. The minimum atomic E-state index is -1.15. The van der Waals surface area contributed by atoms with E-state index in [9.17, 15) is 19.2 Å². The fraction of sp³-hybridized carbons (Fsp3) is 0.636. The number of carbonyl (C=O) groups excluding carboxylic acids is 4. The third kappa shape index (κ3) is 11.6. The molecule has 186 valence electrons. The zero-order chi connectivity index (χ0) is 24.5. The molecule has 0 radical (unpaired) electrons. The molecule has 1 aliphatic rings. The first-order valence-electron chi connectivity index (χ1n) is 10.5. The molecule has 0 aliphatic heterocycles. The molecule has 0 saturated heterocycles. The Kier molecular flexibility index (Phi) is 13.7. The van der Waals surface area contributed by atoms with Gasteiger partial charge in [-0.15, -0.1) is 0 Å². The quantitative estimate of drug-likeness (QED) is 0.181.